The molecule has 1 aromatic rings. The Bertz CT molecular complexity index is 511. The number of carbonyl (C=O) groups is 1. The molecule has 6 heteroatoms. The Balaban J connectivity index is 2.80. The van der Waals surface area contributed by atoms with E-state index in [2.05, 4.69) is 37.5 Å². The Labute approximate surface area is 123 Å². The van der Waals surface area contributed by atoms with Crippen LogP contribution in [0.5, 0.6) is 0 Å². The minimum atomic E-state index is -0.360. The standard InChI is InChI=1S/C14H21N3O2S/c1-9(5-6-18)16-13(19)17-10-7-12(14(2,3)4)20-11(10)8-15/h7,9,18H,5-6H2,1-4H3,(H2,16,17,19)/t9-/m1/s1. The molecule has 0 saturated carbocycles. The highest BCUT2D eigenvalue weighted by Crippen LogP contribution is 2.34. The predicted octanol–water partition coefficient (Wildman–Crippen LogP) is 2.81. The van der Waals surface area contributed by atoms with Crippen molar-refractivity contribution in [3.05, 3.63) is 15.8 Å². The molecule has 20 heavy (non-hydrogen) atoms. The maximum atomic E-state index is 11.8. The summed E-state index contributed by atoms with van der Waals surface area (Å²) in [6.07, 6.45) is 0.495. The first-order valence-electron chi connectivity index (χ1n) is 6.50. The molecule has 0 fully saturated rings. The first-order valence-corrected chi connectivity index (χ1v) is 7.32. The molecule has 2 amide bonds. The molecule has 1 heterocycles. The highest BCUT2D eigenvalue weighted by Gasteiger charge is 2.20. The Hall–Kier alpha value is -1.58. The Kier molecular flexibility index (Phi) is 5.54. The predicted molar refractivity (Wildman–Crippen MR) is 81.1 cm³/mol. The zero-order chi connectivity index (χ0) is 15.3. The van der Waals surface area contributed by atoms with E-state index in [9.17, 15) is 4.79 Å². The van der Waals surface area contributed by atoms with Gasteiger partial charge in [0.2, 0.25) is 0 Å². The molecule has 110 valence electrons. The van der Waals surface area contributed by atoms with E-state index in [4.69, 9.17) is 10.4 Å². The first kappa shape index (κ1) is 16.5. The van der Waals surface area contributed by atoms with Crippen LogP contribution in [0.4, 0.5) is 10.5 Å². The van der Waals surface area contributed by atoms with Crippen LogP contribution < -0.4 is 10.6 Å². The van der Waals surface area contributed by atoms with Crippen molar-refractivity contribution < 1.29 is 9.90 Å². The van der Waals surface area contributed by atoms with Crippen LogP contribution in [-0.4, -0.2) is 23.8 Å². The van der Waals surface area contributed by atoms with Crippen molar-refractivity contribution in [3.63, 3.8) is 0 Å². The summed E-state index contributed by atoms with van der Waals surface area (Å²) >= 11 is 1.39. The van der Waals surface area contributed by atoms with Crippen molar-refractivity contribution in [2.45, 2.75) is 45.6 Å². The molecule has 3 N–H and O–H groups in total. The van der Waals surface area contributed by atoms with E-state index < -0.39 is 0 Å². The van der Waals surface area contributed by atoms with Crippen LogP contribution in [0.1, 0.15) is 43.9 Å². The van der Waals surface area contributed by atoms with Crippen LogP contribution in [0.15, 0.2) is 6.07 Å². The topological polar surface area (TPSA) is 85.2 Å². The monoisotopic (exact) mass is 295 g/mol. The third-order valence-corrected chi connectivity index (χ3v) is 4.23. The van der Waals surface area contributed by atoms with Crippen molar-refractivity contribution in [2.24, 2.45) is 0 Å². The average Bonchev–Trinajstić information content (AvgIpc) is 2.71. The molecule has 0 bridgehead atoms. The van der Waals surface area contributed by atoms with Gasteiger partial charge < -0.3 is 15.7 Å². The van der Waals surface area contributed by atoms with E-state index in [0.29, 0.717) is 17.0 Å². The third kappa shape index (κ3) is 4.51. The second kappa shape index (κ2) is 6.73. The lowest BCUT2D eigenvalue weighted by Gasteiger charge is -2.15. The molecule has 0 aliphatic rings. The molecule has 0 radical (unpaired) electrons. The number of anilines is 1. The number of hydrogen-bond donors (Lipinski definition) is 3. The normalized spacial score (nSPS) is 12.6. The third-order valence-electron chi connectivity index (χ3n) is 2.76. The van der Waals surface area contributed by atoms with Gasteiger partial charge in [0.25, 0.3) is 0 Å². The van der Waals surface area contributed by atoms with Gasteiger partial charge in [-0.3, -0.25) is 0 Å². The van der Waals surface area contributed by atoms with Gasteiger partial charge >= 0.3 is 6.03 Å². The lowest BCUT2D eigenvalue weighted by Crippen LogP contribution is -2.36. The molecular weight excluding hydrogens is 274 g/mol. The minimum absolute atomic E-state index is 0.0253. The second-order valence-electron chi connectivity index (χ2n) is 5.73. The van der Waals surface area contributed by atoms with Crippen molar-refractivity contribution in [1.82, 2.24) is 5.32 Å². The average molecular weight is 295 g/mol. The van der Waals surface area contributed by atoms with Crippen molar-refractivity contribution in [1.29, 1.82) is 5.26 Å². The summed E-state index contributed by atoms with van der Waals surface area (Å²) in [6.45, 7) is 8.03. The number of aliphatic hydroxyl groups excluding tert-OH is 1. The SMILES string of the molecule is C[C@H](CCO)NC(=O)Nc1cc(C(C)(C)C)sc1C#N. The fourth-order valence-electron chi connectivity index (χ4n) is 1.58. The number of thiophene rings is 1. The molecule has 0 aliphatic heterocycles. The summed E-state index contributed by atoms with van der Waals surface area (Å²) in [5.41, 5.74) is 0.479. The van der Waals surface area contributed by atoms with Gasteiger partial charge in [0, 0.05) is 17.5 Å². The van der Waals surface area contributed by atoms with Crippen LogP contribution in [-0.2, 0) is 5.41 Å². The molecule has 1 rings (SSSR count). The zero-order valence-corrected chi connectivity index (χ0v) is 13.1. The number of carbonyl (C=O) groups excluding carboxylic acids is 1. The molecule has 5 nitrogen and oxygen atoms in total. The fourth-order valence-corrected chi connectivity index (χ4v) is 2.55. The van der Waals surface area contributed by atoms with Gasteiger partial charge in [0.1, 0.15) is 10.9 Å². The molecule has 0 saturated heterocycles. The van der Waals surface area contributed by atoms with E-state index in [1.54, 1.807) is 0 Å². The van der Waals surface area contributed by atoms with Gasteiger partial charge in [-0.1, -0.05) is 20.8 Å². The van der Waals surface area contributed by atoms with Gasteiger partial charge in [-0.2, -0.15) is 5.26 Å². The van der Waals surface area contributed by atoms with Gasteiger partial charge in [-0.15, -0.1) is 11.3 Å². The number of aliphatic hydroxyl groups is 1. The number of hydrogen-bond acceptors (Lipinski definition) is 4. The van der Waals surface area contributed by atoms with Gasteiger partial charge in [0.15, 0.2) is 0 Å². The molecule has 0 unspecified atom stereocenters. The summed E-state index contributed by atoms with van der Waals surface area (Å²) in [5, 5.41) is 23.3. The molecule has 0 aliphatic carbocycles. The Morgan fingerprint density at radius 3 is 2.70 bits per heavy atom. The summed E-state index contributed by atoms with van der Waals surface area (Å²) in [6, 6.07) is 3.48. The maximum Gasteiger partial charge on any atom is 0.319 e. The first-order chi connectivity index (χ1) is 9.27. The number of nitriles is 1. The molecule has 1 atom stereocenters. The van der Waals surface area contributed by atoms with E-state index in [-0.39, 0.29) is 24.1 Å². The maximum absolute atomic E-state index is 11.8. The zero-order valence-electron chi connectivity index (χ0n) is 12.3. The van der Waals surface area contributed by atoms with Crippen molar-refractivity contribution >= 4 is 23.1 Å². The van der Waals surface area contributed by atoms with Crippen LogP contribution in [0, 0.1) is 11.3 Å². The van der Waals surface area contributed by atoms with Crippen LogP contribution in [0.3, 0.4) is 0 Å². The van der Waals surface area contributed by atoms with Gasteiger partial charge in [-0.05, 0) is 24.8 Å². The molecule has 1 aromatic heterocycles. The summed E-state index contributed by atoms with van der Waals surface area (Å²) in [5.74, 6) is 0. The van der Waals surface area contributed by atoms with Gasteiger partial charge in [0.05, 0.1) is 5.69 Å². The quantitative estimate of drug-likeness (QED) is 0.798. The van der Waals surface area contributed by atoms with E-state index in [1.165, 1.54) is 11.3 Å². The second-order valence-corrected chi connectivity index (χ2v) is 6.78. The van der Waals surface area contributed by atoms with Gasteiger partial charge in [-0.25, -0.2) is 4.79 Å². The summed E-state index contributed by atoms with van der Waals surface area (Å²) in [4.78, 5) is 13.4. The van der Waals surface area contributed by atoms with E-state index >= 15 is 0 Å². The number of urea groups is 1. The van der Waals surface area contributed by atoms with E-state index in [1.807, 2.05) is 13.0 Å². The van der Waals surface area contributed by atoms with Crippen LogP contribution >= 0.6 is 11.3 Å². The van der Waals surface area contributed by atoms with E-state index in [0.717, 1.165) is 4.88 Å². The lowest BCUT2D eigenvalue weighted by atomic mass is 9.94. The summed E-state index contributed by atoms with van der Waals surface area (Å²) < 4.78 is 0. The van der Waals surface area contributed by atoms with Crippen molar-refractivity contribution in [3.8, 4) is 6.07 Å². The van der Waals surface area contributed by atoms with Crippen LogP contribution in [0.25, 0.3) is 0 Å². The Morgan fingerprint density at radius 2 is 2.20 bits per heavy atom. The van der Waals surface area contributed by atoms with Crippen molar-refractivity contribution in [2.75, 3.05) is 11.9 Å². The molecule has 0 spiro atoms. The lowest BCUT2D eigenvalue weighted by molar-refractivity contribution is 0.241. The Morgan fingerprint density at radius 1 is 1.55 bits per heavy atom. The highest BCUT2D eigenvalue weighted by atomic mass is 32.1. The number of nitrogens with one attached hydrogen (secondary N) is 2. The largest absolute Gasteiger partial charge is 0.396 e. The molecular formula is C14H21N3O2S. The van der Waals surface area contributed by atoms with Crippen LogP contribution in [0.2, 0.25) is 0 Å². The number of nitrogens with zero attached hydrogens (tertiary/aromatic N) is 1. The smallest absolute Gasteiger partial charge is 0.319 e. The fraction of sp³-hybridized carbons (Fsp3) is 0.571. The number of rotatable bonds is 4. The highest BCUT2D eigenvalue weighted by molar-refractivity contribution is 7.13. The minimum Gasteiger partial charge on any atom is -0.396 e. The number of amides is 2. The molecule has 0 aromatic carbocycles. The summed E-state index contributed by atoms with van der Waals surface area (Å²) in [7, 11) is 0.